The lowest BCUT2D eigenvalue weighted by Crippen LogP contribution is -2.17. The van der Waals surface area contributed by atoms with Crippen molar-refractivity contribution in [2.45, 2.75) is 6.92 Å². The number of benzene rings is 1. The zero-order valence-electron chi connectivity index (χ0n) is 10.9. The first-order valence-corrected chi connectivity index (χ1v) is 6.60. The van der Waals surface area contributed by atoms with E-state index in [-0.39, 0.29) is 11.6 Å². The molecule has 2 aromatic rings. The molecule has 0 fully saturated rings. The van der Waals surface area contributed by atoms with Gasteiger partial charge in [-0.3, -0.25) is 14.9 Å². The van der Waals surface area contributed by atoms with Gasteiger partial charge in [0.1, 0.15) is 4.92 Å². The van der Waals surface area contributed by atoms with Gasteiger partial charge in [0.25, 0.3) is 5.91 Å². The monoisotopic (exact) mass is 351 g/mol. The highest BCUT2D eigenvalue weighted by Gasteiger charge is 2.10. The number of hydrogen-bond acceptors (Lipinski definition) is 5. The maximum Gasteiger partial charge on any atom is 0.433 e. The predicted molar refractivity (Wildman–Crippen MR) is 79.3 cm³/mol. The van der Waals surface area contributed by atoms with E-state index in [2.05, 4.69) is 26.5 Å². The molecule has 0 spiro atoms. The highest BCUT2D eigenvalue weighted by Crippen LogP contribution is 2.17. The zero-order valence-corrected chi connectivity index (χ0v) is 12.5. The fourth-order valence-electron chi connectivity index (χ4n) is 1.46. The Kier molecular flexibility index (Phi) is 4.49. The van der Waals surface area contributed by atoms with Crippen LogP contribution in [0.25, 0.3) is 0 Å². The Morgan fingerprint density at radius 3 is 2.81 bits per heavy atom. The fraction of sp³-hybridized carbons (Fsp3) is 0.0769. The second kappa shape index (κ2) is 6.31. The van der Waals surface area contributed by atoms with E-state index in [4.69, 9.17) is 4.42 Å². The summed E-state index contributed by atoms with van der Waals surface area (Å²) in [5, 5.41) is 14.1. The van der Waals surface area contributed by atoms with Crippen LogP contribution in [-0.4, -0.2) is 17.0 Å². The van der Waals surface area contributed by atoms with Crippen molar-refractivity contribution in [3.63, 3.8) is 0 Å². The number of carbonyl (C=O) groups excluding carboxylic acids is 1. The van der Waals surface area contributed by atoms with Crippen molar-refractivity contribution in [3.05, 3.63) is 61.8 Å². The molecule has 0 aliphatic carbocycles. The van der Waals surface area contributed by atoms with Gasteiger partial charge in [0.15, 0.2) is 5.76 Å². The fourth-order valence-corrected chi connectivity index (χ4v) is 1.84. The van der Waals surface area contributed by atoms with Gasteiger partial charge in [-0.25, -0.2) is 5.43 Å². The summed E-state index contributed by atoms with van der Waals surface area (Å²) >= 11 is 3.34. The van der Waals surface area contributed by atoms with Gasteiger partial charge in [0.2, 0.25) is 0 Å². The van der Waals surface area contributed by atoms with Gasteiger partial charge in [-0.15, -0.1) is 0 Å². The predicted octanol–water partition coefficient (Wildman–Crippen LogP) is 3.02. The van der Waals surface area contributed by atoms with Crippen LogP contribution in [0.15, 0.2) is 44.3 Å². The van der Waals surface area contributed by atoms with E-state index in [1.165, 1.54) is 18.3 Å². The quantitative estimate of drug-likeness (QED) is 0.519. The molecule has 1 aromatic heterocycles. The van der Waals surface area contributed by atoms with Crippen LogP contribution in [0.2, 0.25) is 0 Å². The second-order valence-corrected chi connectivity index (χ2v) is 4.95. The summed E-state index contributed by atoms with van der Waals surface area (Å²) in [6, 6.07) is 7.75. The number of aryl methyl sites for hydroxylation is 1. The van der Waals surface area contributed by atoms with E-state index in [0.29, 0.717) is 5.56 Å². The van der Waals surface area contributed by atoms with Gasteiger partial charge in [0, 0.05) is 10.0 Å². The van der Waals surface area contributed by atoms with E-state index < -0.39 is 10.8 Å². The molecular weight excluding hydrogens is 342 g/mol. The normalized spacial score (nSPS) is 10.8. The number of halogens is 1. The molecule has 0 unspecified atom stereocenters. The minimum atomic E-state index is -0.653. The Hall–Kier alpha value is -2.48. The molecule has 0 saturated heterocycles. The van der Waals surface area contributed by atoms with Crippen molar-refractivity contribution in [1.29, 1.82) is 0 Å². The summed E-state index contributed by atoms with van der Waals surface area (Å²) in [7, 11) is 0. The molecular formula is C13H10BrN3O4. The Morgan fingerprint density at radius 2 is 2.19 bits per heavy atom. The minimum absolute atomic E-state index is 0.173. The van der Waals surface area contributed by atoms with Crippen LogP contribution in [0.4, 0.5) is 5.88 Å². The van der Waals surface area contributed by atoms with Crippen molar-refractivity contribution in [1.82, 2.24) is 5.43 Å². The molecule has 0 bridgehead atoms. The van der Waals surface area contributed by atoms with Crippen LogP contribution in [0.3, 0.4) is 0 Å². The van der Waals surface area contributed by atoms with Gasteiger partial charge in [-0.2, -0.15) is 5.10 Å². The summed E-state index contributed by atoms with van der Waals surface area (Å²) in [4.78, 5) is 21.6. The highest BCUT2D eigenvalue weighted by atomic mass is 79.9. The Bertz CT molecular complexity index is 724. The number of amides is 1. The number of hydrogen-bond donors (Lipinski definition) is 1. The first kappa shape index (κ1) is 14.9. The Labute approximate surface area is 127 Å². The Morgan fingerprint density at radius 1 is 1.43 bits per heavy atom. The number of furan rings is 1. The molecule has 0 aliphatic heterocycles. The largest absolute Gasteiger partial charge is 0.433 e. The van der Waals surface area contributed by atoms with Gasteiger partial charge < -0.3 is 4.42 Å². The highest BCUT2D eigenvalue weighted by molar-refractivity contribution is 9.10. The van der Waals surface area contributed by atoms with Crippen LogP contribution in [0.1, 0.15) is 21.7 Å². The van der Waals surface area contributed by atoms with Gasteiger partial charge in [-0.05, 0) is 30.7 Å². The summed E-state index contributed by atoms with van der Waals surface area (Å²) in [5.74, 6) is -0.606. The Balaban J connectivity index is 2.01. The number of hydrazone groups is 1. The molecule has 1 amide bonds. The number of carbonyl (C=O) groups is 1. The third-order valence-electron chi connectivity index (χ3n) is 2.58. The topological polar surface area (TPSA) is 97.7 Å². The molecule has 1 heterocycles. The molecule has 0 radical (unpaired) electrons. The molecule has 21 heavy (non-hydrogen) atoms. The summed E-state index contributed by atoms with van der Waals surface area (Å²) in [5.41, 5.74) is 3.76. The number of rotatable bonds is 4. The van der Waals surface area contributed by atoms with Crippen LogP contribution < -0.4 is 5.43 Å². The minimum Gasteiger partial charge on any atom is -0.400 e. The van der Waals surface area contributed by atoms with E-state index in [0.717, 1.165) is 10.0 Å². The summed E-state index contributed by atoms with van der Waals surface area (Å²) in [6.07, 6.45) is 1.19. The molecule has 1 N–H and O–H groups in total. The smallest absolute Gasteiger partial charge is 0.400 e. The SMILES string of the molecule is Cc1ccc(C(=O)N/N=C/c2ccc([N+](=O)[O-])o2)cc1Br. The van der Waals surface area contributed by atoms with Crippen LogP contribution >= 0.6 is 15.9 Å². The van der Waals surface area contributed by atoms with Gasteiger partial charge in [0.05, 0.1) is 12.3 Å². The van der Waals surface area contributed by atoms with E-state index in [1.54, 1.807) is 18.2 Å². The summed E-state index contributed by atoms with van der Waals surface area (Å²) < 4.78 is 5.68. The third-order valence-corrected chi connectivity index (χ3v) is 3.44. The number of nitro groups is 1. The van der Waals surface area contributed by atoms with E-state index >= 15 is 0 Å². The average Bonchev–Trinajstić information content (AvgIpc) is 2.91. The third kappa shape index (κ3) is 3.76. The van der Waals surface area contributed by atoms with Crippen molar-refractivity contribution >= 4 is 33.9 Å². The zero-order chi connectivity index (χ0) is 15.4. The van der Waals surface area contributed by atoms with Gasteiger partial charge in [-0.1, -0.05) is 22.0 Å². The van der Waals surface area contributed by atoms with Crippen LogP contribution in [0.5, 0.6) is 0 Å². The second-order valence-electron chi connectivity index (χ2n) is 4.10. The molecule has 0 aliphatic rings. The molecule has 108 valence electrons. The standard InChI is InChI=1S/C13H10BrN3O4/c1-8-2-3-9(6-11(8)14)13(18)16-15-7-10-4-5-12(21-10)17(19)20/h2-7H,1H3,(H,16,18)/b15-7+. The van der Waals surface area contributed by atoms with E-state index in [9.17, 15) is 14.9 Å². The number of nitrogens with zero attached hydrogens (tertiary/aromatic N) is 2. The lowest BCUT2D eigenvalue weighted by atomic mass is 10.1. The van der Waals surface area contributed by atoms with Crippen LogP contribution in [0, 0.1) is 17.0 Å². The van der Waals surface area contributed by atoms with Crippen molar-refractivity contribution in [2.75, 3.05) is 0 Å². The molecule has 7 nitrogen and oxygen atoms in total. The van der Waals surface area contributed by atoms with Crippen molar-refractivity contribution < 1.29 is 14.1 Å². The molecule has 2 rings (SSSR count). The first-order valence-electron chi connectivity index (χ1n) is 5.81. The average molecular weight is 352 g/mol. The first-order chi connectivity index (χ1) is 9.97. The van der Waals surface area contributed by atoms with Crippen molar-refractivity contribution in [3.8, 4) is 0 Å². The van der Waals surface area contributed by atoms with E-state index in [1.807, 2.05) is 6.92 Å². The van der Waals surface area contributed by atoms with Crippen LogP contribution in [-0.2, 0) is 0 Å². The lowest BCUT2D eigenvalue weighted by molar-refractivity contribution is -0.402. The molecule has 0 atom stereocenters. The number of nitrogens with one attached hydrogen (secondary N) is 1. The molecule has 0 saturated carbocycles. The summed E-state index contributed by atoms with van der Waals surface area (Å²) in [6.45, 7) is 1.91. The lowest BCUT2D eigenvalue weighted by Gasteiger charge is -2.02. The van der Waals surface area contributed by atoms with Gasteiger partial charge >= 0.3 is 5.88 Å². The molecule has 8 heteroatoms. The maximum atomic E-state index is 11.8. The van der Waals surface area contributed by atoms with Crippen molar-refractivity contribution in [2.24, 2.45) is 5.10 Å². The molecule has 1 aromatic carbocycles. The maximum absolute atomic E-state index is 11.8.